The lowest BCUT2D eigenvalue weighted by Gasteiger charge is -2.31. The van der Waals surface area contributed by atoms with Crippen molar-refractivity contribution < 1.29 is 9.90 Å². The van der Waals surface area contributed by atoms with E-state index in [-0.39, 0.29) is 29.7 Å². The Hall–Kier alpha value is -0.220. The number of thioether (sulfide) groups is 1. The summed E-state index contributed by atoms with van der Waals surface area (Å²) in [7, 11) is 0. The van der Waals surface area contributed by atoms with Crippen molar-refractivity contribution >= 4 is 17.7 Å². The normalized spacial score (nSPS) is 27.4. The number of amides is 1. The summed E-state index contributed by atoms with van der Waals surface area (Å²) in [4.78, 5) is 11.9. The van der Waals surface area contributed by atoms with Gasteiger partial charge in [0.15, 0.2) is 0 Å². The van der Waals surface area contributed by atoms with Crippen LogP contribution in [-0.2, 0) is 4.79 Å². The number of aliphatic hydroxyl groups is 1. The van der Waals surface area contributed by atoms with Gasteiger partial charge in [0.05, 0.1) is 5.25 Å². The first kappa shape index (κ1) is 13.8. The molecular weight excluding hydrogens is 222 g/mol. The summed E-state index contributed by atoms with van der Waals surface area (Å²) in [5, 5.41) is 12.4. The molecule has 0 saturated heterocycles. The van der Waals surface area contributed by atoms with E-state index in [1.165, 1.54) is 6.42 Å². The van der Waals surface area contributed by atoms with Crippen LogP contribution >= 0.6 is 11.8 Å². The van der Waals surface area contributed by atoms with Crippen LogP contribution < -0.4 is 5.32 Å². The number of carbonyl (C=O) groups is 1. The molecule has 0 aromatic carbocycles. The smallest absolute Gasteiger partial charge is 0.233 e. The molecule has 1 aliphatic rings. The number of aliphatic hydroxyl groups excluding tert-OH is 1. The summed E-state index contributed by atoms with van der Waals surface area (Å²) in [5.41, 5.74) is 0. The molecule has 2 N–H and O–H groups in total. The molecule has 3 atom stereocenters. The first-order chi connectivity index (χ1) is 7.72. The van der Waals surface area contributed by atoms with Gasteiger partial charge in [-0.3, -0.25) is 4.79 Å². The first-order valence-corrected chi connectivity index (χ1v) is 7.45. The van der Waals surface area contributed by atoms with E-state index in [0.717, 1.165) is 25.7 Å². The van der Waals surface area contributed by atoms with Gasteiger partial charge >= 0.3 is 0 Å². The summed E-state index contributed by atoms with van der Waals surface area (Å²) < 4.78 is 0. The standard InChI is InChI=1S/C12H23NO2S/c1-3-11(16-2)12(15)13-10-7-5-4-6-9(10)8-14/h9-11,14H,3-8H2,1-2H3,(H,13,15). The van der Waals surface area contributed by atoms with Gasteiger partial charge in [0.25, 0.3) is 0 Å². The maximum Gasteiger partial charge on any atom is 0.233 e. The largest absolute Gasteiger partial charge is 0.396 e. The molecule has 4 heteroatoms. The van der Waals surface area contributed by atoms with Crippen LogP contribution in [0.5, 0.6) is 0 Å². The highest BCUT2D eigenvalue weighted by Gasteiger charge is 2.27. The lowest BCUT2D eigenvalue weighted by molar-refractivity contribution is -0.122. The van der Waals surface area contributed by atoms with Crippen molar-refractivity contribution in [3.8, 4) is 0 Å². The maximum atomic E-state index is 11.9. The molecule has 1 amide bonds. The molecule has 3 unspecified atom stereocenters. The Morgan fingerprint density at radius 1 is 1.50 bits per heavy atom. The predicted molar refractivity (Wildman–Crippen MR) is 68.6 cm³/mol. The van der Waals surface area contributed by atoms with E-state index in [2.05, 4.69) is 5.32 Å². The average molecular weight is 245 g/mol. The predicted octanol–water partition coefficient (Wildman–Crippen LogP) is 1.80. The van der Waals surface area contributed by atoms with E-state index in [1.807, 2.05) is 13.2 Å². The van der Waals surface area contributed by atoms with Crippen LogP contribution in [-0.4, -0.2) is 35.2 Å². The van der Waals surface area contributed by atoms with Gasteiger partial charge in [-0.2, -0.15) is 11.8 Å². The van der Waals surface area contributed by atoms with Crippen molar-refractivity contribution in [2.75, 3.05) is 12.9 Å². The zero-order valence-corrected chi connectivity index (χ0v) is 11.1. The Bertz CT molecular complexity index is 219. The lowest BCUT2D eigenvalue weighted by Crippen LogP contribution is -2.46. The SMILES string of the molecule is CCC(SC)C(=O)NC1CCCCC1CO. The molecule has 0 aromatic heterocycles. The van der Waals surface area contributed by atoms with E-state index in [0.29, 0.717) is 0 Å². The summed E-state index contributed by atoms with van der Waals surface area (Å²) in [6.45, 7) is 2.23. The molecule has 0 aliphatic heterocycles. The van der Waals surface area contributed by atoms with Crippen molar-refractivity contribution in [1.82, 2.24) is 5.32 Å². The second-order valence-corrected chi connectivity index (χ2v) is 5.52. The number of hydrogen-bond acceptors (Lipinski definition) is 3. The van der Waals surface area contributed by atoms with Crippen LogP contribution in [0.3, 0.4) is 0 Å². The summed E-state index contributed by atoms with van der Waals surface area (Å²) in [6, 6.07) is 0.187. The summed E-state index contributed by atoms with van der Waals surface area (Å²) in [5.74, 6) is 0.400. The van der Waals surface area contributed by atoms with Gasteiger partial charge in [-0.05, 0) is 25.5 Å². The second kappa shape index (κ2) is 7.17. The third-order valence-electron chi connectivity index (χ3n) is 3.42. The molecule has 0 spiro atoms. The molecule has 1 saturated carbocycles. The van der Waals surface area contributed by atoms with Gasteiger partial charge in [0.2, 0.25) is 5.91 Å². The first-order valence-electron chi connectivity index (χ1n) is 6.17. The minimum Gasteiger partial charge on any atom is -0.396 e. The third kappa shape index (κ3) is 3.67. The summed E-state index contributed by atoms with van der Waals surface area (Å²) >= 11 is 1.60. The second-order valence-electron chi connectivity index (χ2n) is 4.47. The molecule has 1 fully saturated rings. The molecular formula is C12H23NO2S. The zero-order valence-electron chi connectivity index (χ0n) is 10.2. The highest BCUT2D eigenvalue weighted by molar-refractivity contribution is 7.99. The zero-order chi connectivity index (χ0) is 12.0. The Morgan fingerprint density at radius 3 is 2.75 bits per heavy atom. The molecule has 0 heterocycles. The van der Waals surface area contributed by atoms with Crippen molar-refractivity contribution in [3.63, 3.8) is 0 Å². The molecule has 3 nitrogen and oxygen atoms in total. The van der Waals surface area contributed by atoms with Crippen molar-refractivity contribution in [1.29, 1.82) is 0 Å². The highest BCUT2D eigenvalue weighted by Crippen LogP contribution is 2.24. The van der Waals surface area contributed by atoms with E-state index >= 15 is 0 Å². The van der Waals surface area contributed by atoms with E-state index in [9.17, 15) is 9.90 Å². The Balaban J connectivity index is 2.47. The van der Waals surface area contributed by atoms with E-state index < -0.39 is 0 Å². The quantitative estimate of drug-likeness (QED) is 0.776. The number of nitrogens with one attached hydrogen (secondary N) is 1. The molecule has 1 aliphatic carbocycles. The van der Waals surface area contributed by atoms with Crippen LogP contribution in [0.2, 0.25) is 0 Å². The molecule has 0 aromatic rings. The molecule has 1 rings (SSSR count). The minimum absolute atomic E-state index is 0.0567. The maximum absolute atomic E-state index is 11.9. The van der Waals surface area contributed by atoms with Crippen molar-refractivity contribution in [3.05, 3.63) is 0 Å². The number of hydrogen-bond donors (Lipinski definition) is 2. The molecule has 94 valence electrons. The Morgan fingerprint density at radius 2 is 2.19 bits per heavy atom. The van der Waals surface area contributed by atoms with Gasteiger partial charge < -0.3 is 10.4 Å². The monoisotopic (exact) mass is 245 g/mol. The average Bonchev–Trinajstić information content (AvgIpc) is 2.31. The fraction of sp³-hybridized carbons (Fsp3) is 0.917. The number of rotatable bonds is 5. The van der Waals surface area contributed by atoms with E-state index in [1.54, 1.807) is 11.8 Å². The van der Waals surface area contributed by atoms with Crippen LogP contribution in [0.1, 0.15) is 39.0 Å². The van der Waals surface area contributed by atoms with Gasteiger partial charge in [0.1, 0.15) is 0 Å². The van der Waals surface area contributed by atoms with Crippen LogP contribution in [0.15, 0.2) is 0 Å². The Labute approximate surface area is 102 Å². The lowest BCUT2D eigenvalue weighted by atomic mass is 9.85. The summed E-state index contributed by atoms with van der Waals surface area (Å²) in [6.07, 6.45) is 7.23. The molecule has 16 heavy (non-hydrogen) atoms. The molecule has 0 bridgehead atoms. The fourth-order valence-electron chi connectivity index (χ4n) is 2.35. The van der Waals surface area contributed by atoms with Gasteiger partial charge in [0, 0.05) is 18.6 Å². The number of carbonyl (C=O) groups excluding carboxylic acids is 1. The van der Waals surface area contributed by atoms with Gasteiger partial charge in [-0.1, -0.05) is 19.8 Å². The highest BCUT2D eigenvalue weighted by atomic mass is 32.2. The minimum atomic E-state index is 0.0567. The third-order valence-corrected chi connectivity index (χ3v) is 4.54. The molecule has 0 radical (unpaired) electrons. The Kier molecular flexibility index (Phi) is 6.21. The topological polar surface area (TPSA) is 49.3 Å². The van der Waals surface area contributed by atoms with Crippen molar-refractivity contribution in [2.24, 2.45) is 5.92 Å². The fourth-order valence-corrected chi connectivity index (χ4v) is 2.97. The van der Waals surface area contributed by atoms with Crippen LogP contribution in [0, 0.1) is 5.92 Å². The van der Waals surface area contributed by atoms with E-state index in [4.69, 9.17) is 0 Å². The van der Waals surface area contributed by atoms with Crippen LogP contribution in [0.4, 0.5) is 0 Å². The van der Waals surface area contributed by atoms with Crippen molar-refractivity contribution in [2.45, 2.75) is 50.3 Å². The van der Waals surface area contributed by atoms with Crippen LogP contribution in [0.25, 0.3) is 0 Å². The van der Waals surface area contributed by atoms with Gasteiger partial charge in [-0.15, -0.1) is 0 Å². The van der Waals surface area contributed by atoms with Gasteiger partial charge in [-0.25, -0.2) is 0 Å².